The van der Waals surface area contributed by atoms with Gasteiger partial charge in [-0.25, -0.2) is 0 Å². The highest BCUT2D eigenvalue weighted by atomic mass is 16.5. The van der Waals surface area contributed by atoms with Crippen LogP contribution in [0, 0.1) is 5.92 Å². The summed E-state index contributed by atoms with van der Waals surface area (Å²) in [4.78, 5) is 41.6. The molecule has 2 heterocycles. The number of hydrogen-bond acceptors (Lipinski definition) is 6. The van der Waals surface area contributed by atoms with Crippen molar-refractivity contribution in [2.45, 2.75) is 39.3 Å². The molecule has 0 fully saturated rings. The smallest absolute Gasteiger partial charge is 0.302 e. The van der Waals surface area contributed by atoms with E-state index in [1.807, 2.05) is 30.3 Å². The van der Waals surface area contributed by atoms with Crippen LogP contribution in [0.1, 0.15) is 44.0 Å². The Labute approximate surface area is 156 Å². The minimum Gasteiger partial charge on any atom is -0.550 e. The number of carboxylic acid groups (broad SMARTS) is 1. The van der Waals surface area contributed by atoms with Gasteiger partial charge in [0.25, 0.3) is 0 Å². The number of carbonyl (C=O) groups is 3. The number of carbonyl (C=O) groups excluding carboxylic acids is 3. The number of aliphatic carboxylic acids is 1. The van der Waals surface area contributed by atoms with Gasteiger partial charge in [0.15, 0.2) is 0 Å². The van der Waals surface area contributed by atoms with Crippen molar-refractivity contribution in [1.29, 1.82) is 0 Å². The lowest BCUT2D eigenvalue weighted by atomic mass is 9.93. The molecule has 7 heteroatoms. The third-order valence-corrected chi connectivity index (χ3v) is 4.86. The highest BCUT2D eigenvalue weighted by Gasteiger charge is 2.40. The van der Waals surface area contributed by atoms with Crippen molar-refractivity contribution in [3.63, 3.8) is 0 Å². The van der Waals surface area contributed by atoms with Crippen LogP contribution < -0.4 is 5.11 Å². The zero-order valence-electron chi connectivity index (χ0n) is 15.3. The van der Waals surface area contributed by atoms with E-state index in [1.165, 1.54) is 11.8 Å². The molecule has 0 bridgehead atoms. The second kappa shape index (κ2) is 7.73. The molecule has 1 aromatic carbocycles. The van der Waals surface area contributed by atoms with Crippen LogP contribution in [0.5, 0.6) is 0 Å². The molecular formula is C20H21N2O5-. The van der Waals surface area contributed by atoms with Gasteiger partial charge in [-0.3, -0.25) is 14.6 Å². The highest BCUT2D eigenvalue weighted by Crippen LogP contribution is 2.40. The first kappa shape index (κ1) is 18.8. The maximum Gasteiger partial charge on any atom is 0.302 e. The Morgan fingerprint density at radius 1 is 1.33 bits per heavy atom. The predicted molar refractivity (Wildman–Crippen MR) is 95.1 cm³/mol. The number of hydrogen-bond donors (Lipinski definition) is 0. The van der Waals surface area contributed by atoms with E-state index in [4.69, 9.17) is 4.74 Å². The second-order valence-electron chi connectivity index (χ2n) is 6.62. The van der Waals surface area contributed by atoms with E-state index in [2.05, 4.69) is 4.98 Å². The van der Waals surface area contributed by atoms with Crippen LogP contribution in [0.4, 0.5) is 0 Å². The maximum atomic E-state index is 12.7. The molecule has 1 aliphatic heterocycles. The van der Waals surface area contributed by atoms with Crippen molar-refractivity contribution in [2.24, 2.45) is 5.92 Å². The zero-order chi connectivity index (χ0) is 19.6. The number of amides is 1. The van der Waals surface area contributed by atoms with E-state index >= 15 is 0 Å². The average Bonchev–Trinajstić information content (AvgIpc) is 2.98. The number of esters is 1. The second-order valence-corrected chi connectivity index (χ2v) is 6.62. The fraction of sp³-hybridized carbons (Fsp3) is 0.400. The summed E-state index contributed by atoms with van der Waals surface area (Å²) in [6, 6.07) is 8.82. The van der Waals surface area contributed by atoms with Crippen LogP contribution >= 0.6 is 0 Å². The molecule has 2 aromatic rings. The standard InChI is InChI=1S/C20H22N2O5/c1-3-15(20(25)26)19-18-14(10-13-6-4-5-7-16(13)21-18)11-22(19)17(24)8-9-27-12(2)23/h4-7,10,15,19H,3,8-9,11H2,1-2H3,(H,25,26)/p-1. The molecule has 0 saturated heterocycles. The van der Waals surface area contributed by atoms with Crippen molar-refractivity contribution in [3.8, 4) is 0 Å². The number of rotatable bonds is 6. The van der Waals surface area contributed by atoms with E-state index in [0.29, 0.717) is 12.1 Å². The largest absolute Gasteiger partial charge is 0.550 e. The Kier molecular flexibility index (Phi) is 5.39. The van der Waals surface area contributed by atoms with Gasteiger partial charge in [0, 0.05) is 30.7 Å². The van der Waals surface area contributed by atoms with Crippen molar-refractivity contribution in [3.05, 3.63) is 41.6 Å². The summed E-state index contributed by atoms with van der Waals surface area (Å²) in [5.74, 6) is -2.80. The number of pyridine rings is 1. The van der Waals surface area contributed by atoms with E-state index in [9.17, 15) is 19.5 Å². The normalized spacial score (nSPS) is 16.8. The first-order valence-corrected chi connectivity index (χ1v) is 8.94. The van der Waals surface area contributed by atoms with Gasteiger partial charge in [-0.1, -0.05) is 25.1 Å². The zero-order valence-corrected chi connectivity index (χ0v) is 15.3. The number of para-hydroxylation sites is 1. The summed E-state index contributed by atoms with van der Waals surface area (Å²) in [7, 11) is 0. The van der Waals surface area contributed by atoms with Crippen LogP contribution in [0.15, 0.2) is 30.3 Å². The molecule has 1 aliphatic rings. The lowest BCUT2D eigenvalue weighted by molar-refractivity contribution is -0.313. The van der Waals surface area contributed by atoms with Crippen molar-refractivity contribution >= 4 is 28.7 Å². The Morgan fingerprint density at radius 3 is 2.74 bits per heavy atom. The topological polar surface area (TPSA) is 99.6 Å². The molecule has 0 saturated carbocycles. The Hall–Kier alpha value is -2.96. The summed E-state index contributed by atoms with van der Waals surface area (Å²) >= 11 is 0. The fourth-order valence-corrected chi connectivity index (χ4v) is 3.58. The maximum absolute atomic E-state index is 12.7. The van der Waals surface area contributed by atoms with Crippen molar-refractivity contribution < 1.29 is 24.2 Å². The van der Waals surface area contributed by atoms with Gasteiger partial charge in [0.1, 0.15) is 6.61 Å². The van der Waals surface area contributed by atoms with Gasteiger partial charge in [-0.15, -0.1) is 0 Å². The molecule has 0 aliphatic carbocycles. The Balaban J connectivity index is 1.97. The molecule has 0 spiro atoms. The van der Waals surface area contributed by atoms with Gasteiger partial charge < -0.3 is 19.5 Å². The molecule has 0 N–H and O–H groups in total. The van der Waals surface area contributed by atoms with Crippen molar-refractivity contribution in [1.82, 2.24) is 9.88 Å². The number of fused-ring (bicyclic) bond motifs is 2. The fourth-order valence-electron chi connectivity index (χ4n) is 3.58. The third kappa shape index (κ3) is 3.77. The van der Waals surface area contributed by atoms with E-state index < -0.39 is 23.9 Å². The van der Waals surface area contributed by atoms with Crippen LogP contribution in [-0.2, 0) is 25.7 Å². The quantitative estimate of drug-likeness (QED) is 0.713. The molecule has 1 aromatic heterocycles. The first-order valence-electron chi connectivity index (χ1n) is 8.94. The van der Waals surface area contributed by atoms with Crippen LogP contribution in [-0.4, -0.2) is 34.3 Å². The SMILES string of the molecule is CCC(C(=O)[O-])C1c2nc3ccccc3cc2CN1C(=O)CCOC(C)=O. The molecule has 0 radical (unpaired) electrons. The molecule has 2 unspecified atom stereocenters. The summed E-state index contributed by atoms with van der Waals surface area (Å²) in [5.41, 5.74) is 2.19. The van der Waals surface area contributed by atoms with Gasteiger partial charge in [0.05, 0.1) is 23.7 Å². The number of benzene rings is 1. The molecule has 27 heavy (non-hydrogen) atoms. The Bertz CT molecular complexity index is 895. The van der Waals surface area contributed by atoms with Crippen molar-refractivity contribution in [2.75, 3.05) is 6.61 Å². The van der Waals surface area contributed by atoms with Crippen LogP contribution in [0.25, 0.3) is 10.9 Å². The van der Waals surface area contributed by atoms with Crippen LogP contribution in [0.3, 0.4) is 0 Å². The number of nitrogens with zero attached hydrogens (tertiary/aromatic N) is 2. The lowest BCUT2D eigenvalue weighted by Crippen LogP contribution is -2.42. The summed E-state index contributed by atoms with van der Waals surface area (Å²) in [5, 5.41) is 12.7. The highest BCUT2D eigenvalue weighted by molar-refractivity contribution is 5.83. The third-order valence-electron chi connectivity index (χ3n) is 4.86. The predicted octanol–water partition coefficient (Wildman–Crippen LogP) is 1.35. The van der Waals surface area contributed by atoms with Crippen LogP contribution in [0.2, 0.25) is 0 Å². The van der Waals surface area contributed by atoms with E-state index in [1.54, 1.807) is 6.92 Å². The molecule has 142 valence electrons. The minimum atomic E-state index is -1.21. The van der Waals surface area contributed by atoms with E-state index in [-0.39, 0.29) is 25.5 Å². The molecule has 7 nitrogen and oxygen atoms in total. The number of aromatic nitrogens is 1. The van der Waals surface area contributed by atoms with Gasteiger partial charge in [-0.05, 0) is 24.1 Å². The molecule has 1 amide bonds. The number of carboxylic acids is 1. The van der Waals surface area contributed by atoms with Gasteiger partial charge >= 0.3 is 5.97 Å². The minimum absolute atomic E-state index is 0.00687. The Morgan fingerprint density at radius 2 is 2.07 bits per heavy atom. The summed E-state index contributed by atoms with van der Waals surface area (Å²) in [6.45, 7) is 3.27. The monoisotopic (exact) mass is 369 g/mol. The summed E-state index contributed by atoms with van der Waals surface area (Å²) in [6.07, 6.45) is 0.307. The average molecular weight is 369 g/mol. The molecule has 2 atom stereocenters. The van der Waals surface area contributed by atoms with Gasteiger partial charge in [-0.2, -0.15) is 0 Å². The first-order chi connectivity index (χ1) is 12.9. The molecular weight excluding hydrogens is 348 g/mol. The van der Waals surface area contributed by atoms with E-state index in [0.717, 1.165) is 16.5 Å². The number of ether oxygens (including phenoxy) is 1. The summed E-state index contributed by atoms with van der Waals surface area (Å²) < 4.78 is 4.85. The lowest BCUT2D eigenvalue weighted by Gasteiger charge is -2.31. The van der Waals surface area contributed by atoms with Gasteiger partial charge in [0.2, 0.25) is 5.91 Å². The molecule has 3 rings (SSSR count).